The van der Waals surface area contributed by atoms with E-state index in [0.717, 1.165) is 11.8 Å². The van der Waals surface area contributed by atoms with E-state index in [1.165, 1.54) is 43.5 Å². The van der Waals surface area contributed by atoms with E-state index in [0.29, 0.717) is 27.4 Å². The first kappa shape index (κ1) is 34.2. The number of aromatic hydroxyl groups is 1. The molecule has 0 unspecified atom stereocenters. The Labute approximate surface area is 270 Å². The molecule has 0 aliphatic rings. The number of anilines is 2. The third-order valence-corrected chi connectivity index (χ3v) is 7.11. The number of thioether (sulfide) groups is 1. The molecule has 5 N–H and O–H groups in total. The summed E-state index contributed by atoms with van der Waals surface area (Å²) in [4.78, 5) is 16.1. The van der Waals surface area contributed by atoms with Gasteiger partial charge in [0.25, 0.3) is 5.95 Å². The third kappa shape index (κ3) is 9.17. The summed E-state index contributed by atoms with van der Waals surface area (Å²) in [5.74, 6) is -0.414. The van der Waals surface area contributed by atoms with Crippen molar-refractivity contribution in [2.24, 2.45) is 10.2 Å². The second kappa shape index (κ2) is 15.5. The topological polar surface area (TPSA) is 248 Å². The van der Waals surface area contributed by atoms with Crippen molar-refractivity contribution < 1.29 is 56.4 Å². The summed E-state index contributed by atoms with van der Waals surface area (Å²) in [6.45, 7) is 0. The number of phenolic OH excluding ortho intramolecular Hbond substituents is 1. The molecule has 4 aromatic rings. The number of nitrogens with zero attached hydrogens (tertiary/aromatic N) is 6. The zero-order valence-electron chi connectivity index (χ0n) is 21.8. The highest BCUT2D eigenvalue weighted by Crippen LogP contribution is 2.45. The SMILES string of the molecule is COc1cc(SC#COOS(=O)(=O)O)ccc1N=Nc1c(SOOO)cc2cc(N(O)c3nc(Cl)nc(SO)n3)ccc2c1O. The van der Waals surface area contributed by atoms with E-state index in [1.807, 2.05) is 6.11 Å². The first-order valence-corrected chi connectivity index (χ1v) is 15.4. The third-order valence-electron chi connectivity index (χ3n) is 5.06. The number of rotatable bonds is 12. The van der Waals surface area contributed by atoms with Crippen molar-refractivity contribution in [3.63, 3.8) is 0 Å². The predicted octanol–water partition coefficient (Wildman–Crippen LogP) is 6.09. The second-order valence-electron chi connectivity index (χ2n) is 7.71. The number of phenols is 1. The maximum absolute atomic E-state index is 11.1. The molecular formula is C22H15ClN6O12S4. The summed E-state index contributed by atoms with van der Waals surface area (Å²) >= 11 is 7.43. The average Bonchev–Trinajstić information content (AvgIpc) is 3.02. The van der Waals surface area contributed by atoms with Gasteiger partial charge < -0.3 is 14.4 Å². The molecule has 0 spiro atoms. The lowest BCUT2D eigenvalue weighted by molar-refractivity contribution is -0.432. The first-order valence-electron chi connectivity index (χ1n) is 11.3. The van der Waals surface area contributed by atoms with Crippen LogP contribution in [0.1, 0.15) is 0 Å². The largest absolute Gasteiger partial charge is 0.505 e. The number of halogens is 1. The summed E-state index contributed by atoms with van der Waals surface area (Å²) in [6, 6.07) is 10.4. The molecule has 23 heteroatoms. The minimum atomic E-state index is -4.81. The zero-order chi connectivity index (χ0) is 32.6. The first-order chi connectivity index (χ1) is 21.5. The Hall–Kier alpha value is -3.70. The lowest BCUT2D eigenvalue weighted by Crippen LogP contribution is -2.15. The minimum absolute atomic E-state index is 0.0885. The normalized spacial score (nSPS) is 11.4. The van der Waals surface area contributed by atoms with Gasteiger partial charge >= 0.3 is 10.4 Å². The average molecular weight is 719 g/mol. The smallest absolute Gasteiger partial charge is 0.433 e. The molecule has 3 aromatic carbocycles. The predicted molar refractivity (Wildman–Crippen MR) is 158 cm³/mol. The molecule has 18 nitrogen and oxygen atoms in total. The number of ether oxygens (including phenoxy) is 1. The minimum Gasteiger partial charge on any atom is -0.505 e. The number of aromatic nitrogens is 3. The summed E-state index contributed by atoms with van der Waals surface area (Å²) in [5, 5.41) is 45.7. The molecule has 45 heavy (non-hydrogen) atoms. The molecule has 1 heterocycles. The zero-order valence-corrected chi connectivity index (χ0v) is 25.9. The highest BCUT2D eigenvalue weighted by molar-refractivity contribution is 8.04. The van der Waals surface area contributed by atoms with Crippen LogP contribution in [0.15, 0.2) is 67.6 Å². The van der Waals surface area contributed by atoms with Gasteiger partial charge in [-0.2, -0.15) is 28.4 Å². The molecule has 0 fully saturated rings. The van der Waals surface area contributed by atoms with Gasteiger partial charge in [-0.3, -0.25) is 14.6 Å². The molecule has 1 aromatic heterocycles. The molecule has 0 amide bonds. The maximum atomic E-state index is 11.1. The van der Waals surface area contributed by atoms with Crippen LogP contribution in [0.2, 0.25) is 5.28 Å². The fourth-order valence-corrected chi connectivity index (χ4v) is 4.89. The van der Waals surface area contributed by atoms with E-state index in [9.17, 15) is 23.3 Å². The summed E-state index contributed by atoms with van der Waals surface area (Å²) in [5.41, 5.74) is 0.264. The van der Waals surface area contributed by atoms with Crippen LogP contribution < -0.4 is 9.80 Å². The number of azo groups is 1. The van der Waals surface area contributed by atoms with E-state index < -0.39 is 10.4 Å². The van der Waals surface area contributed by atoms with Gasteiger partial charge in [0, 0.05) is 15.5 Å². The van der Waals surface area contributed by atoms with Crippen molar-refractivity contribution in [1.29, 1.82) is 0 Å². The van der Waals surface area contributed by atoms with Crippen molar-refractivity contribution in [3.05, 3.63) is 47.7 Å². The molecule has 0 radical (unpaired) electrons. The van der Waals surface area contributed by atoms with Crippen molar-refractivity contribution in [2.45, 2.75) is 14.9 Å². The maximum Gasteiger partial charge on any atom is 0.433 e. The quantitative estimate of drug-likeness (QED) is 0.0211. The Morgan fingerprint density at radius 2 is 1.89 bits per heavy atom. The van der Waals surface area contributed by atoms with E-state index in [2.05, 4.69) is 49.0 Å². The van der Waals surface area contributed by atoms with Crippen LogP contribution >= 0.6 is 47.4 Å². The lowest BCUT2D eigenvalue weighted by Gasteiger charge is -2.16. The number of hydrogen-bond donors (Lipinski definition) is 5. The van der Waals surface area contributed by atoms with Crippen LogP contribution in [0.25, 0.3) is 10.8 Å². The molecule has 0 aliphatic carbocycles. The van der Waals surface area contributed by atoms with Gasteiger partial charge in [0.15, 0.2) is 11.9 Å². The molecule has 0 bridgehead atoms. The summed E-state index contributed by atoms with van der Waals surface area (Å²) in [6.07, 6.45) is 1.92. The summed E-state index contributed by atoms with van der Waals surface area (Å²) < 4.78 is 52.1. The molecular weight excluding hydrogens is 704 g/mol. The lowest BCUT2D eigenvalue weighted by atomic mass is 10.1. The number of benzene rings is 3. The van der Waals surface area contributed by atoms with Gasteiger partial charge in [0.2, 0.25) is 10.4 Å². The van der Waals surface area contributed by atoms with E-state index in [1.54, 1.807) is 6.07 Å². The van der Waals surface area contributed by atoms with Gasteiger partial charge in [0.1, 0.15) is 17.1 Å². The molecule has 0 saturated heterocycles. The Kier molecular flexibility index (Phi) is 11.8. The Bertz CT molecular complexity index is 1910. The standard InChI is InChI=1S/C22H15ClN6O12S4/c1-37-16-10-13(42-7-6-38-41-45(34,35)36)3-5-15(16)27-28-18-17(44-40-39-32)9-11-8-12(2-4-14(11)19(18)30)29(31)21-24-20(23)25-22(26-21)43-33/h2-5,8-10,30-33H,1H3,(H,34,35,36). The number of hydrogen-bond acceptors (Lipinski definition) is 20. The molecule has 0 saturated carbocycles. The van der Waals surface area contributed by atoms with Crippen LogP contribution in [0.4, 0.5) is 23.0 Å². The van der Waals surface area contributed by atoms with Crippen molar-refractivity contribution >= 4 is 91.6 Å². The molecule has 0 atom stereocenters. The molecule has 236 valence electrons. The fraction of sp³-hybridized carbons (Fsp3) is 0.0455. The number of fused-ring (bicyclic) bond motifs is 1. The molecule has 4 rings (SSSR count). The Balaban J connectivity index is 1.64. The van der Waals surface area contributed by atoms with E-state index >= 15 is 0 Å². The van der Waals surface area contributed by atoms with Gasteiger partial charge in [-0.25, -0.2) is 5.26 Å². The van der Waals surface area contributed by atoms with Crippen molar-refractivity contribution in [2.75, 3.05) is 12.2 Å². The highest BCUT2D eigenvalue weighted by Gasteiger charge is 2.19. The van der Waals surface area contributed by atoms with Crippen molar-refractivity contribution in [1.82, 2.24) is 15.0 Å². The second-order valence-corrected chi connectivity index (χ2v) is 11.2. The monoisotopic (exact) mass is 718 g/mol. The fourth-order valence-electron chi connectivity index (χ4n) is 3.32. The van der Waals surface area contributed by atoms with Crippen LogP contribution in [-0.2, 0) is 29.0 Å². The van der Waals surface area contributed by atoms with E-state index in [4.69, 9.17) is 26.1 Å². The van der Waals surface area contributed by atoms with Crippen LogP contribution in [0, 0.1) is 11.4 Å². The van der Waals surface area contributed by atoms with Gasteiger partial charge in [0.05, 0.1) is 41.8 Å². The van der Waals surface area contributed by atoms with Crippen molar-refractivity contribution in [3.8, 4) is 22.9 Å². The van der Waals surface area contributed by atoms with Crippen LogP contribution in [0.3, 0.4) is 0 Å². The number of methoxy groups -OCH3 is 1. The summed E-state index contributed by atoms with van der Waals surface area (Å²) in [7, 11) is -3.44. The Morgan fingerprint density at radius 1 is 1.09 bits per heavy atom. The highest BCUT2D eigenvalue weighted by atomic mass is 35.5. The van der Waals surface area contributed by atoms with E-state index in [-0.39, 0.29) is 67.3 Å². The van der Waals surface area contributed by atoms with Gasteiger partial charge in [-0.15, -0.1) is 14.6 Å². The van der Waals surface area contributed by atoms with Crippen LogP contribution in [0.5, 0.6) is 11.5 Å². The van der Waals surface area contributed by atoms with Gasteiger partial charge in [-0.1, -0.05) is 5.04 Å². The molecule has 0 aliphatic heterocycles. The Morgan fingerprint density at radius 3 is 2.60 bits per heavy atom. The van der Waals surface area contributed by atoms with Gasteiger partial charge in [-0.05, 0) is 75.5 Å². The van der Waals surface area contributed by atoms with Crippen LogP contribution in [-0.4, -0.2) is 55.2 Å².